The van der Waals surface area contributed by atoms with Gasteiger partial charge >= 0.3 is 0 Å². The van der Waals surface area contributed by atoms with Gasteiger partial charge in [-0.05, 0) is 12.1 Å². The van der Waals surface area contributed by atoms with E-state index in [1.807, 2.05) is 30.3 Å². The Balaban J connectivity index is 1.95. The first kappa shape index (κ1) is 21.8. The minimum absolute atomic E-state index is 0.128. The van der Waals surface area contributed by atoms with Gasteiger partial charge in [-0.3, -0.25) is 9.59 Å². The van der Waals surface area contributed by atoms with E-state index in [9.17, 15) is 9.59 Å². The number of thiazole rings is 1. The largest absolute Gasteiger partial charge is 0.383 e. The van der Waals surface area contributed by atoms with Crippen molar-refractivity contribution in [3.63, 3.8) is 0 Å². The van der Waals surface area contributed by atoms with Crippen molar-refractivity contribution >= 4 is 34.0 Å². The van der Waals surface area contributed by atoms with E-state index in [2.05, 4.69) is 15.6 Å². The fourth-order valence-electron chi connectivity index (χ4n) is 2.37. The standard InChI is InChI=1S/C19H26N4O4S/c1-26-12-9-20-17(24)8-10-23(11-13-27-2)18(25)16-14-28-19(22-16)21-15-6-4-3-5-7-15/h3-7,14H,8-13H2,1-2H3,(H,20,24)(H,21,22). The Hall–Kier alpha value is -2.49. The Bertz CT molecular complexity index is 739. The van der Waals surface area contributed by atoms with Crippen LogP contribution in [0.15, 0.2) is 35.7 Å². The summed E-state index contributed by atoms with van der Waals surface area (Å²) in [7, 11) is 3.15. The number of anilines is 2. The molecule has 0 bridgehead atoms. The second-order valence-electron chi connectivity index (χ2n) is 5.91. The van der Waals surface area contributed by atoms with Gasteiger partial charge in [0.25, 0.3) is 5.91 Å². The molecule has 1 heterocycles. The lowest BCUT2D eigenvalue weighted by atomic mass is 10.3. The van der Waals surface area contributed by atoms with Crippen LogP contribution in [0.2, 0.25) is 0 Å². The van der Waals surface area contributed by atoms with Gasteiger partial charge in [0, 0.05) is 51.3 Å². The van der Waals surface area contributed by atoms with E-state index in [0.717, 1.165) is 5.69 Å². The molecule has 8 nitrogen and oxygen atoms in total. The van der Waals surface area contributed by atoms with Gasteiger partial charge < -0.3 is 25.0 Å². The van der Waals surface area contributed by atoms with Gasteiger partial charge in [0.2, 0.25) is 5.91 Å². The third kappa shape index (κ3) is 7.26. The van der Waals surface area contributed by atoms with E-state index < -0.39 is 0 Å². The number of carbonyl (C=O) groups excluding carboxylic acids is 2. The molecule has 0 aliphatic heterocycles. The first-order valence-electron chi connectivity index (χ1n) is 8.95. The molecule has 2 aromatic rings. The molecular weight excluding hydrogens is 380 g/mol. The van der Waals surface area contributed by atoms with Crippen molar-refractivity contribution in [3.05, 3.63) is 41.4 Å². The summed E-state index contributed by atoms with van der Waals surface area (Å²) in [4.78, 5) is 30.7. The normalized spacial score (nSPS) is 10.5. The third-order valence-corrected chi connectivity index (χ3v) is 4.60. The molecular formula is C19H26N4O4S. The molecule has 0 fully saturated rings. The van der Waals surface area contributed by atoms with Crippen molar-refractivity contribution in [3.8, 4) is 0 Å². The smallest absolute Gasteiger partial charge is 0.273 e. The highest BCUT2D eigenvalue weighted by atomic mass is 32.1. The van der Waals surface area contributed by atoms with E-state index in [1.54, 1.807) is 24.5 Å². The van der Waals surface area contributed by atoms with E-state index in [1.165, 1.54) is 11.3 Å². The van der Waals surface area contributed by atoms with Crippen LogP contribution in [0.5, 0.6) is 0 Å². The maximum atomic E-state index is 12.8. The van der Waals surface area contributed by atoms with Crippen LogP contribution in [-0.2, 0) is 14.3 Å². The average Bonchev–Trinajstić information content (AvgIpc) is 3.17. The molecule has 28 heavy (non-hydrogen) atoms. The Labute approximate surface area is 168 Å². The highest BCUT2D eigenvalue weighted by molar-refractivity contribution is 7.14. The number of hydrogen-bond donors (Lipinski definition) is 2. The van der Waals surface area contributed by atoms with Gasteiger partial charge in [0.1, 0.15) is 5.69 Å². The first-order chi connectivity index (χ1) is 13.6. The molecule has 1 aromatic carbocycles. The van der Waals surface area contributed by atoms with Gasteiger partial charge in [-0.25, -0.2) is 4.98 Å². The first-order valence-corrected chi connectivity index (χ1v) is 9.83. The van der Waals surface area contributed by atoms with Gasteiger partial charge in [-0.1, -0.05) is 18.2 Å². The lowest BCUT2D eigenvalue weighted by Gasteiger charge is -2.21. The Morgan fingerprint density at radius 2 is 1.86 bits per heavy atom. The van der Waals surface area contributed by atoms with Gasteiger partial charge in [-0.15, -0.1) is 11.3 Å². The van der Waals surface area contributed by atoms with Crippen molar-refractivity contribution in [1.29, 1.82) is 0 Å². The van der Waals surface area contributed by atoms with Crippen LogP contribution >= 0.6 is 11.3 Å². The number of aromatic nitrogens is 1. The Kier molecular flexibility index (Phi) is 9.40. The van der Waals surface area contributed by atoms with E-state index >= 15 is 0 Å². The summed E-state index contributed by atoms with van der Waals surface area (Å²) in [5, 5.41) is 8.28. The number of amides is 2. The molecule has 0 saturated heterocycles. The SMILES string of the molecule is COCCNC(=O)CCN(CCOC)C(=O)c1csc(Nc2ccccc2)n1. The molecule has 1 aromatic heterocycles. The zero-order valence-electron chi connectivity index (χ0n) is 16.1. The van der Waals surface area contributed by atoms with Crippen LogP contribution in [0, 0.1) is 0 Å². The number of rotatable bonds is 12. The Morgan fingerprint density at radius 3 is 2.57 bits per heavy atom. The molecule has 9 heteroatoms. The molecule has 0 aliphatic rings. The zero-order chi connectivity index (χ0) is 20.2. The molecule has 0 aliphatic carbocycles. The van der Waals surface area contributed by atoms with Crippen LogP contribution in [0.25, 0.3) is 0 Å². The molecule has 0 radical (unpaired) electrons. The van der Waals surface area contributed by atoms with E-state index in [-0.39, 0.29) is 18.2 Å². The highest BCUT2D eigenvalue weighted by Gasteiger charge is 2.19. The van der Waals surface area contributed by atoms with Gasteiger partial charge in [-0.2, -0.15) is 0 Å². The molecule has 0 atom stereocenters. The maximum Gasteiger partial charge on any atom is 0.273 e. The van der Waals surface area contributed by atoms with Gasteiger partial charge in [0.05, 0.1) is 13.2 Å². The van der Waals surface area contributed by atoms with Crippen molar-refractivity contribution < 1.29 is 19.1 Å². The van der Waals surface area contributed by atoms with Crippen LogP contribution < -0.4 is 10.6 Å². The topological polar surface area (TPSA) is 92.8 Å². The lowest BCUT2D eigenvalue weighted by molar-refractivity contribution is -0.121. The highest BCUT2D eigenvalue weighted by Crippen LogP contribution is 2.21. The number of carbonyl (C=O) groups is 2. The van der Waals surface area contributed by atoms with Crippen molar-refractivity contribution in [1.82, 2.24) is 15.2 Å². The number of nitrogens with one attached hydrogen (secondary N) is 2. The number of ether oxygens (including phenoxy) is 2. The summed E-state index contributed by atoms with van der Waals surface area (Å²) in [5.74, 6) is -0.351. The van der Waals surface area contributed by atoms with E-state index in [4.69, 9.17) is 9.47 Å². The molecule has 2 amide bonds. The number of para-hydroxylation sites is 1. The fourth-order valence-corrected chi connectivity index (χ4v) is 3.07. The van der Waals surface area contributed by atoms with E-state index in [0.29, 0.717) is 43.7 Å². The third-order valence-electron chi connectivity index (χ3n) is 3.84. The predicted octanol–water partition coefficient (Wildman–Crippen LogP) is 2.13. The minimum Gasteiger partial charge on any atom is -0.383 e. The number of benzene rings is 1. The Morgan fingerprint density at radius 1 is 1.11 bits per heavy atom. The van der Waals surface area contributed by atoms with Crippen LogP contribution in [-0.4, -0.2) is 68.8 Å². The molecule has 0 spiro atoms. The van der Waals surface area contributed by atoms with Crippen LogP contribution in [0.4, 0.5) is 10.8 Å². The zero-order valence-corrected chi connectivity index (χ0v) is 17.0. The summed E-state index contributed by atoms with van der Waals surface area (Å²) >= 11 is 1.36. The molecule has 0 unspecified atom stereocenters. The number of methoxy groups -OCH3 is 2. The number of nitrogens with zero attached hydrogens (tertiary/aromatic N) is 2. The van der Waals surface area contributed by atoms with Crippen molar-refractivity contribution in [2.45, 2.75) is 6.42 Å². The predicted molar refractivity (Wildman–Crippen MR) is 109 cm³/mol. The second-order valence-corrected chi connectivity index (χ2v) is 6.76. The van der Waals surface area contributed by atoms with Crippen LogP contribution in [0.3, 0.4) is 0 Å². The summed E-state index contributed by atoms with van der Waals surface area (Å²) < 4.78 is 9.99. The number of hydrogen-bond acceptors (Lipinski definition) is 7. The molecule has 152 valence electrons. The monoisotopic (exact) mass is 406 g/mol. The van der Waals surface area contributed by atoms with Crippen molar-refractivity contribution in [2.75, 3.05) is 52.4 Å². The lowest BCUT2D eigenvalue weighted by Crippen LogP contribution is -2.38. The molecule has 0 saturated carbocycles. The quantitative estimate of drug-likeness (QED) is 0.525. The van der Waals surface area contributed by atoms with Crippen molar-refractivity contribution in [2.24, 2.45) is 0 Å². The second kappa shape index (κ2) is 12.1. The summed E-state index contributed by atoms with van der Waals surface area (Å²) in [6.07, 6.45) is 0.207. The average molecular weight is 407 g/mol. The summed E-state index contributed by atoms with van der Waals surface area (Å²) in [6.45, 7) is 1.96. The van der Waals surface area contributed by atoms with Crippen LogP contribution in [0.1, 0.15) is 16.9 Å². The summed E-state index contributed by atoms with van der Waals surface area (Å²) in [6, 6.07) is 9.63. The maximum absolute atomic E-state index is 12.8. The molecule has 2 N–H and O–H groups in total. The molecule has 2 rings (SSSR count). The fraction of sp³-hybridized carbons (Fsp3) is 0.421. The summed E-state index contributed by atoms with van der Waals surface area (Å²) in [5.41, 5.74) is 1.25. The minimum atomic E-state index is -0.223. The van der Waals surface area contributed by atoms with Gasteiger partial charge in [0.15, 0.2) is 5.13 Å².